The van der Waals surface area contributed by atoms with Gasteiger partial charge in [0, 0.05) is 43.1 Å². The van der Waals surface area contributed by atoms with Gasteiger partial charge in [-0.2, -0.15) is 0 Å². The molecule has 1 saturated carbocycles. The molecule has 2 spiro atoms. The number of nitrogens with zero attached hydrogens (tertiary/aromatic N) is 1. The summed E-state index contributed by atoms with van der Waals surface area (Å²) < 4.78 is 68.4. The number of fused-ring (bicyclic) bond motifs is 1. The van der Waals surface area contributed by atoms with Gasteiger partial charge in [0.05, 0.1) is 18.9 Å². The van der Waals surface area contributed by atoms with Crippen LogP contribution < -0.4 is 15.0 Å². The molecule has 2 heterocycles. The van der Waals surface area contributed by atoms with Crippen LogP contribution in [0.4, 0.5) is 18.9 Å². The van der Waals surface area contributed by atoms with E-state index in [1.165, 1.54) is 519 Å². The smallest absolute Gasteiger partial charge is 0.175 e. The fourth-order valence-electron chi connectivity index (χ4n) is 19.8. The van der Waals surface area contributed by atoms with Gasteiger partial charge in [-0.25, -0.2) is 13.2 Å². The Bertz CT molecular complexity index is 2300. The van der Waals surface area contributed by atoms with E-state index < -0.39 is 28.7 Å². The molecule has 5 nitrogen and oxygen atoms in total. The standard InChI is InChI=1S/C105H189F3N2O3/c106-98-84-82-85-99(94-98)113-103-96-101(108)100(107)95-102(103)110-91-83-90-109-89-81-77-73-69-65-61-57-53-49-45-41-37-33-29-25-21-17-13-9-8-11-15-19-23-27-31-35-39-43-47-51-55-59-63-67-71-75-79-87-104(97-110)86-78-74-70-66-62-58-54-50-46-42-38-34-30-26-22-18-14-10-6-4-2-1-3-5-7-12-16-20-24-28-32-36-40-44-48-52-56-60-64-68-72-76-80-88-105(104)111-92-93-112-105/h82,84-85,94-96,109H,1-81,83,86-93,97H2. The number of benzene rings is 2. The molecule has 0 aromatic heterocycles. The van der Waals surface area contributed by atoms with Crippen molar-refractivity contribution in [1.82, 2.24) is 5.32 Å². The normalized spacial score (nSPS) is 24.4. The Kier molecular flexibility index (Phi) is 67.0. The average Bonchev–Trinajstić information content (AvgIpc) is 1.73. The van der Waals surface area contributed by atoms with Crippen LogP contribution in [-0.2, 0) is 9.47 Å². The maximum atomic E-state index is 16.3. The second-order valence-corrected chi connectivity index (χ2v) is 37.4. The second-order valence-electron chi connectivity index (χ2n) is 37.4. The summed E-state index contributed by atoms with van der Waals surface area (Å²) in [6.07, 6.45) is 115. The fraction of sp³-hybridized carbons (Fsp3) is 0.886. The number of ether oxygens (including phenoxy) is 3. The first-order valence-electron chi connectivity index (χ1n) is 51.7. The van der Waals surface area contributed by atoms with Crippen LogP contribution >= 0.6 is 0 Å². The summed E-state index contributed by atoms with van der Waals surface area (Å²) in [5.74, 6) is -2.60. The Hall–Kier alpha value is -2.29. The van der Waals surface area contributed by atoms with Crippen molar-refractivity contribution in [2.45, 2.75) is 552 Å². The molecule has 2 aliphatic heterocycles. The minimum absolute atomic E-state index is 0.219. The summed E-state index contributed by atoms with van der Waals surface area (Å²) in [5.41, 5.74) is 0.0816. The molecular formula is C105H189F3N2O3. The van der Waals surface area contributed by atoms with Gasteiger partial charge in [0.25, 0.3) is 0 Å². The zero-order valence-corrected chi connectivity index (χ0v) is 75.1. The quantitative estimate of drug-likeness (QED) is 0.332. The van der Waals surface area contributed by atoms with Gasteiger partial charge in [0.2, 0.25) is 0 Å². The van der Waals surface area contributed by atoms with Crippen LogP contribution in [0.5, 0.6) is 11.5 Å². The highest BCUT2D eigenvalue weighted by Gasteiger charge is 2.55. The summed E-state index contributed by atoms with van der Waals surface area (Å²) in [6.45, 7) is 4.15. The lowest BCUT2D eigenvalue weighted by Gasteiger charge is -2.50. The molecule has 1 N–H and O–H groups in total. The summed E-state index contributed by atoms with van der Waals surface area (Å²) >= 11 is 0. The first-order valence-corrected chi connectivity index (χ1v) is 51.7. The van der Waals surface area contributed by atoms with E-state index in [9.17, 15) is 0 Å². The van der Waals surface area contributed by atoms with Crippen molar-refractivity contribution < 1.29 is 27.4 Å². The van der Waals surface area contributed by atoms with E-state index in [4.69, 9.17) is 14.2 Å². The molecule has 2 aromatic carbocycles. The lowest BCUT2D eigenvalue weighted by molar-refractivity contribution is -0.246. The van der Waals surface area contributed by atoms with Gasteiger partial charge in [-0.3, -0.25) is 0 Å². The van der Waals surface area contributed by atoms with Crippen molar-refractivity contribution in [3.8, 4) is 11.5 Å². The molecule has 1 aliphatic carbocycles. The van der Waals surface area contributed by atoms with Gasteiger partial charge < -0.3 is 24.4 Å². The van der Waals surface area contributed by atoms with Crippen LogP contribution in [0, 0.1) is 22.9 Å². The van der Waals surface area contributed by atoms with Gasteiger partial charge >= 0.3 is 0 Å². The molecule has 8 heteroatoms. The molecule has 1 atom stereocenters. The van der Waals surface area contributed by atoms with Crippen LogP contribution in [0.1, 0.15) is 546 Å². The minimum Gasteiger partial charge on any atom is -0.455 e. The zero-order chi connectivity index (χ0) is 79.5. The Labute approximate surface area is 701 Å². The lowest BCUT2D eigenvalue weighted by Crippen LogP contribution is -2.56. The average molecular weight is 1580 g/mol. The molecule has 3 fully saturated rings. The number of hydrogen-bond donors (Lipinski definition) is 1. The molecule has 2 saturated heterocycles. The minimum atomic E-state index is -0.961. The van der Waals surface area contributed by atoms with Gasteiger partial charge in [0.15, 0.2) is 23.2 Å². The van der Waals surface area contributed by atoms with Crippen molar-refractivity contribution in [1.29, 1.82) is 0 Å². The second kappa shape index (κ2) is 74.7. The third kappa shape index (κ3) is 54.6. The van der Waals surface area contributed by atoms with Crippen LogP contribution in [0.25, 0.3) is 0 Å². The predicted octanol–water partition coefficient (Wildman–Crippen LogP) is 36.2. The van der Waals surface area contributed by atoms with Crippen molar-refractivity contribution in [3.05, 3.63) is 53.8 Å². The third-order valence-corrected chi connectivity index (χ3v) is 27.1. The van der Waals surface area contributed by atoms with Crippen molar-refractivity contribution in [2.24, 2.45) is 5.41 Å². The summed E-state index contributed by atoms with van der Waals surface area (Å²) in [4.78, 5) is 2.34. The van der Waals surface area contributed by atoms with E-state index in [-0.39, 0.29) is 11.5 Å². The van der Waals surface area contributed by atoms with Crippen LogP contribution in [0.3, 0.4) is 0 Å². The van der Waals surface area contributed by atoms with Crippen molar-refractivity contribution >= 4 is 5.69 Å². The number of hydrogen-bond acceptors (Lipinski definition) is 5. The molecule has 658 valence electrons. The monoisotopic (exact) mass is 1580 g/mol. The van der Waals surface area contributed by atoms with Crippen molar-refractivity contribution in [3.63, 3.8) is 0 Å². The van der Waals surface area contributed by atoms with Gasteiger partial charge in [0.1, 0.15) is 11.6 Å². The third-order valence-electron chi connectivity index (χ3n) is 27.1. The summed E-state index contributed by atoms with van der Waals surface area (Å²) in [6, 6.07) is 8.67. The molecule has 2 aromatic rings. The van der Waals surface area contributed by atoms with Crippen LogP contribution in [0.2, 0.25) is 0 Å². The highest BCUT2D eigenvalue weighted by atomic mass is 19.2. The number of halogens is 3. The molecule has 0 bridgehead atoms. The van der Waals surface area contributed by atoms with E-state index in [0.717, 1.165) is 64.5 Å². The van der Waals surface area contributed by atoms with Gasteiger partial charge in [-0.05, 0) is 57.3 Å². The molecule has 3 aliphatic rings. The van der Waals surface area contributed by atoms with E-state index in [1.54, 1.807) is 12.1 Å². The maximum Gasteiger partial charge on any atom is 0.175 e. The lowest BCUT2D eigenvalue weighted by atomic mass is 9.68. The molecule has 0 radical (unpaired) electrons. The fourth-order valence-corrected chi connectivity index (χ4v) is 19.8. The van der Waals surface area contributed by atoms with Crippen LogP contribution in [-0.4, -0.2) is 45.2 Å². The SMILES string of the molecule is Fc1cccc(Oc2cc(F)c(F)cc2N2CCCNCCCCCCCCCCCCCCCCCCCCCCCCCCCCCCCCCCCCCCCCC3(CCCCCCCCCCCCCCCCCCCCCCCCCCCCCCCCCCCCCCCCCCCCCC34OCCO4)C2)c1. The summed E-state index contributed by atoms with van der Waals surface area (Å²) in [7, 11) is 0. The number of rotatable bonds is 3. The number of nitrogens with one attached hydrogen (secondary N) is 1. The Morgan fingerprint density at radius 1 is 0.265 bits per heavy atom. The zero-order valence-electron chi connectivity index (χ0n) is 75.1. The molecular weight excluding hydrogens is 1390 g/mol. The highest BCUT2D eigenvalue weighted by Crippen LogP contribution is 2.52. The Morgan fingerprint density at radius 2 is 0.504 bits per heavy atom. The molecule has 0 amide bonds. The van der Waals surface area contributed by atoms with E-state index in [2.05, 4.69) is 10.2 Å². The molecule has 113 heavy (non-hydrogen) atoms. The molecule has 5 rings (SSSR count). The largest absolute Gasteiger partial charge is 0.455 e. The summed E-state index contributed by atoms with van der Waals surface area (Å²) in [5, 5.41) is 3.83. The van der Waals surface area contributed by atoms with E-state index >= 15 is 13.2 Å². The van der Waals surface area contributed by atoms with Crippen LogP contribution in [0.15, 0.2) is 36.4 Å². The predicted molar refractivity (Wildman–Crippen MR) is 487 cm³/mol. The van der Waals surface area contributed by atoms with Gasteiger partial charge in [-0.15, -0.1) is 0 Å². The number of anilines is 1. The molecule has 1 unspecified atom stereocenters. The highest BCUT2D eigenvalue weighted by molar-refractivity contribution is 5.60. The van der Waals surface area contributed by atoms with Crippen molar-refractivity contribution in [2.75, 3.05) is 44.3 Å². The Balaban J connectivity index is 1.29. The first kappa shape index (κ1) is 101. The van der Waals surface area contributed by atoms with E-state index in [1.807, 2.05) is 0 Å². The first-order chi connectivity index (χ1) is 56.0. The Morgan fingerprint density at radius 3 is 0.779 bits per heavy atom. The maximum absolute atomic E-state index is 16.3. The topological polar surface area (TPSA) is 43.0 Å². The van der Waals surface area contributed by atoms with E-state index in [0.29, 0.717) is 32.0 Å². The van der Waals surface area contributed by atoms with Gasteiger partial charge in [-0.1, -0.05) is 513 Å².